The maximum absolute atomic E-state index is 11.7. The van der Waals surface area contributed by atoms with Gasteiger partial charge in [0.2, 0.25) is 0 Å². The van der Waals surface area contributed by atoms with E-state index in [4.69, 9.17) is 0 Å². The van der Waals surface area contributed by atoms with Crippen LogP contribution in [-0.2, 0) is 10.2 Å². The van der Waals surface area contributed by atoms with Crippen molar-refractivity contribution in [2.24, 2.45) is 0 Å². The molecule has 1 atom stereocenters. The Labute approximate surface area is 102 Å². The largest absolute Gasteiger partial charge is 0.313 e. The Morgan fingerprint density at radius 1 is 1.29 bits per heavy atom. The van der Waals surface area contributed by atoms with E-state index in [0.29, 0.717) is 12.2 Å². The maximum atomic E-state index is 11.7. The lowest BCUT2D eigenvalue weighted by atomic mass is 10.2. The molecule has 94 valence electrons. The van der Waals surface area contributed by atoms with Crippen molar-refractivity contribution in [3.8, 4) is 0 Å². The van der Waals surface area contributed by atoms with Gasteiger partial charge in [0.05, 0.1) is 0 Å². The summed E-state index contributed by atoms with van der Waals surface area (Å²) in [5.41, 5.74) is 0.569. The average molecular weight is 255 g/mol. The molecule has 1 fully saturated rings. The lowest BCUT2D eigenvalue weighted by molar-refractivity contribution is 0.555. The van der Waals surface area contributed by atoms with E-state index in [1.54, 1.807) is 24.3 Å². The van der Waals surface area contributed by atoms with Crippen molar-refractivity contribution >= 4 is 15.9 Å². The molecule has 2 rings (SSSR count). The highest BCUT2D eigenvalue weighted by molar-refractivity contribution is 7.90. The predicted octanol–water partition coefficient (Wildman–Crippen LogP) is 0.685. The number of nitrogens with one attached hydrogen (secondary N) is 3. The molecule has 0 spiro atoms. The molecule has 1 aliphatic heterocycles. The molecule has 1 saturated heterocycles. The smallest absolute Gasteiger partial charge is 0.299 e. The first kappa shape index (κ1) is 12.3. The minimum Gasteiger partial charge on any atom is -0.313 e. The van der Waals surface area contributed by atoms with Gasteiger partial charge in [-0.2, -0.15) is 13.1 Å². The molecule has 17 heavy (non-hydrogen) atoms. The first-order chi connectivity index (χ1) is 8.16. The van der Waals surface area contributed by atoms with Gasteiger partial charge in [0.1, 0.15) is 0 Å². The van der Waals surface area contributed by atoms with Crippen LogP contribution in [0.25, 0.3) is 0 Å². The SMILES string of the molecule is O=S(=O)(NC[C@@H]1CCCN1)Nc1ccccc1. The van der Waals surface area contributed by atoms with Gasteiger partial charge in [0.15, 0.2) is 0 Å². The van der Waals surface area contributed by atoms with E-state index in [9.17, 15) is 8.42 Å². The van der Waals surface area contributed by atoms with Crippen molar-refractivity contribution in [2.75, 3.05) is 17.8 Å². The zero-order valence-electron chi connectivity index (χ0n) is 9.52. The summed E-state index contributed by atoms with van der Waals surface area (Å²) in [6.07, 6.45) is 2.13. The Balaban J connectivity index is 1.86. The fraction of sp³-hybridized carbons (Fsp3) is 0.455. The summed E-state index contributed by atoms with van der Waals surface area (Å²) < 4.78 is 28.4. The Morgan fingerprint density at radius 3 is 2.71 bits per heavy atom. The second-order valence-corrected chi connectivity index (χ2v) is 5.61. The van der Waals surface area contributed by atoms with E-state index in [1.807, 2.05) is 6.07 Å². The molecule has 0 saturated carbocycles. The highest BCUT2D eigenvalue weighted by atomic mass is 32.2. The van der Waals surface area contributed by atoms with Crippen molar-refractivity contribution in [2.45, 2.75) is 18.9 Å². The van der Waals surface area contributed by atoms with Gasteiger partial charge < -0.3 is 5.32 Å². The molecule has 0 aromatic heterocycles. The Kier molecular flexibility index (Phi) is 3.98. The zero-order chi connectivity index (χ0) is 12.1. The van der Waals surface area contributed by atoms with Crippen LogP contribution in [-0.4, -0.2) is 27.5 Å². The van der Waals surface area contributed by atoms with E-state index < -0.39 is 10.2 Å². The van der Waals surface area contributed by atoms with Crippen LogP contribution in [0.15, 0.2) is 30.3 Å². The Bertz CT molecular complexity index is 441. The second kappa shape index (κ2) is 5.48. The van der Waals surface area contributed by atoms with Gasteiger partial charge in [-0.25, -0.2) is 0 Å². The van der Waals surface area contributed by atoms with Crippen LogP contribution in [0.2, 0.25) is 0 Å². The van der Waals surface area contributed by atoms with Gasteiger partial charge in [0.25, 0.3) is 10.2 Å². The second-order valence-electron chi connectivity index (χ2n) is 4.11. The third-order valence-corrected chi connectivity index (χ3v) is 3.76. The van der Waals surface area contributed by atoms with E-state index >= 15 is 0 Å². The van der Waals surface area contributed by atoms with Crippen molar-refractivity contribution in [3.63, 3.8) is 0 Å². The van der Waals surface area contributed by atoms with Crippen molar-refractivity contribution in [1.29, 1.82) is 0 Å². The Morgan fingerprint density at radius 2 is 2.06 bits per heavy atom. The quantitative estimate of drug-likeness (QED) is 0.725. The van der Waals surface area contributed by atoms with Gasteiger partial charge in [0, 0.05) is 18.3 Å². The van der Waals surface area contributed by atoms with Crippen LogP contribution in [0.1, 0.15) is 12.8 Å². The standard InChI is InChI=1S/C11H17N3O2S/c15-17(16,13-9-11-7-4-8-12-11)14-10-5-2-1-3-6-10/h1-3,5-6,11-14H,4,7-9H2/t11-/m0/s1. The summed E-state index contributed by atoms with van der Waals surface area (Å²) in [5, 5.41) is 3.24. The van der Waals surface area contributed by atoms with Crippen LogP contribution in [0, 0.1) is 0 Å². The molecule has 1 aromatic carbocycles. The molecule has 0 radical (unpaired) electrons. The summed E-state index contributed by atoms with van der Waals surface area (Å²) in [5.74, 6) is 0. The normalized spacial score (nSPS) is 20.4. The molecule has 0 unspecified atom stereocenters. The van der Waals surface area contributed by atoms with Crippen LogP contribution < -0.4 is 14.8 Å². The fourth-order valence-electron chi connectivity index (χ4n) is 1.84. The van der Waals surface area contributed by atoms with Crippen LogP contribution in [0.5, 0.6) is 0 Å². The summed E-state index contributed by atoms with van der Waals surface area (Å²) in [6.45, 7) is 1.40. The van der Waals surface area contributed by atoms with Gasteiger partial charge in [-0.15, -0.1) is 0 Å². The lowest BCUT2D eigenvalue weighted by Crippen LogP contribution is -2.39. The van der Waals surface area contributed by atoms with E-state index in [2.05, 4.69) is 14.8 Å². The molecule has 0 amide bonds. The topological polar surface area (TPSA) is 70.2 Å². The minimum absolute atomic E-state index is 0.252. The highest BCUT2D eigenvalue weighted by Crippen LogP contribution is 2.07. The molecule has 3 N–H and O–H groups in total. The van der Waals surface area contributed by atoms with Gasteiger partial charge in [-0.05, 0) is 31.5 Å². The van der Waals surface area contributed by atoms with Crippen molar-refractivity contribution in [1.82, 2.24) is 10.0 Å². The molecule has 0 aliphatic carbocycles. The molecule has 5 nitrogen and oxygen atoms in total. The maximum Gasteiger partial charge on any atom is 0.299 e. The van der Waals surface area contributed by atoms with Crippen LogP contribution in [0.4, 0.5) is 5.69 Å². The van der Waals surface area contributed by atoms with E-state index in [-0.39, 0.29) is 6.04 Å². The number of hydrogen-bond donors (Lipinski definition) is 3. The highest BCUT2D eigenvalue weighted by Gasteiger charge is 2.17. The zero-order valence-corrected chi connectivity index (χ0v) is 10.3. The van der Waals surface area contributed by atoms with E-state index in [0.717, 1.165) is 19.4 Å². The number of benzene rings is 1. The summed E-state index contributed by atoms with van der Waals surface area (Å²) in [7, 11) is -3.46. The number of rotatable bonds is 5. The Hall–Kier alpha value is -1.11. The van der Waals surface area contributed by atoms with E-state index in [1.165, 1.54) is 0 Å². The molecular formula is C11H17N3O2S. The summed E-state index contributed by atoms with van der Waals surface area (Å²) >= 11 is 0. The van der Waals surface area contributed by atoms with Crippen molar-refractivity contribution in [3.05, 3.63) is 30.3 Å². The van der Waals surface area contributed by atoms with Gasteiger partial charge in [-0.3, -0.25) is 4.72 Å². The summed E-state index contributed by atoms with van der Waals surface area (Å²) in [4.78, 5) is 0. The predicted molar refractivity (Wildman–Crippen MR) is 68.0 cm³/mol. The third kappa shape index (κ3) is 3.99. The van der Waals surface area contributed by atoms with Crippen molar-refractivity contribution < 1.29 is 8.42 Å². The molecule has 1 aromatic rings. The molecular weight excluding hydrogens is 238 g/mol. The third-order valence-electron chi connectivity index (χ3n) is 2.71. The number of anilines is 1. The number of hydrogen-bond acceptors (Lipinski definition) is 3. The van der Waals surface area contributed by atoms with Gasteiger partial charge in [-0.1, -0.05) is 18.2 Å². The van der Waals surface area contributed by atoms with Gasteiger partial charge >= 0.3 is 0 Å². The minimum atomic E-state index is -3.46. The average Bonchev–Trinajstić information content (AvgIpc) is 2.80. The molecule has 6 heteroatoms. The monoisotopic (exact) mass is 255 g/mol. The summed E-state index contributed by atoms with van der Waals surface area (Å²) in [6, 6.07) is 9.10. The van der Waals surface area contributed by atoms with Crippen LogP contribution >= 0.6 is 0 Å². The molecule has 0 bridgehead atoms. The lowest BCUT2D eigenvalue weighted by Gasteiger charge is -2.13. The first-order valence-electron chi connectivity index (χ1n) is 5.71. The first-order valence-corrected chi connectivity index (χ1v) is 7.20. The molecule has 1 heterocycles. The number of para-hydroxylation sites is 1. The van der Waals surface area contributed by atoms with Crippen LogP contribution in [0.3, 0.4) is 0 Å². The fourth-order valence-corrected chi connectivity index (χ4v) is 2.78. The molecule has 1 aliphatic rings.